The minimum Gasteiger partial charge on any atom is -0.466 e. The van der Waals surface area contributed by atoms with E-state index in [0.717, 1.165) is 6.08 Å². The van der Waals surface area contributed by atoms with Crippen LogP contribution in [0.25, 0.3) is 0 Å². The number of ether oxygens (including phenoxy) is 3. The van der Waals surface area contributed by atoms with Gasteiger partial charge in [0.25, 0.3) is 0 Å². The van der Waals surface area contributed by atoms with E-state index in [9.17, 15) is 18.0 Å². The second-order valence-corrected chi connectivity index (χ2v) is 3.45. The van der Waals surface area contributed by atoms with Crippen LogP contribution in [0.1, 0.15) is 27.2 Å². The zero-order valence-electron chi connectivity index (χ0n) is 11.3. The van der Waals surface area contributed by atoms with Gasteiger partial charge in [-0.2, -0.15) is 13.2 Å². The van der Waals surface area contributed by atoms with Crippen LogP contribution >= 0.6 is 0 Å². The monoisotopic (exact) mass is 284 g/mol. The van der Waals surface area contributed by atoms with Crippen LogP contribution in [0.5, 0.6) is 0 Å². The summed E-state index contributed by atoms with van der Waals surface area (Å²) in [5, 5.41) is 0. The molecular weight excluding hydrogens is 265 g/mol. The number of carbonyl (C=O) groups is 1. The van der Waals surface area contributed by atoms with Gasteiger partial charge >= 0.3 is 12.1 Å². The molecule has 0 unspecified atom stereocenters. The van der Waals surface area contributed by atoms with Crippen molar-refractivity contribution in [2.75, 3.05) is 19.8 Å². The lowest BCUT2D eigenvalue weighted by atomic mass is 10.1. The highest BCUT2D eigenvalue weighted by atomic mass is 19.4. The zero-order valence-corrected chi connectivity index (χ0v) is 11.3. The van der Waals surface area contributed by atoms with Crippen molar-refractivity contribution in [2.45, 2.75) is 39.7 Å². The van der Waals surface area contributed by atoms with Gasteiger partial charge in [-0.05, 0) is 26.8 Å². The Bertz CT molecular complexity index is 294. The Labute approximate surface area is 110 Å². The van der Waals surface area contributed by atoms with Crippen LogP contribution in [0.2, 0.25) is 0 Å². The summed E-state index contributed by atoms with van der Waals surface area (Å²) in [4.78, 5) is 11.2. The summed E-state index contributed by atoms with van der Waals surface area (Å²) < 4.78 is 52.8. The van der Waals surface area contributed by atoms with Crippen LogP contribution in [0, 0.1) is 0 Å². The van der Waals surface area contributed by atoms with Gasteiger partial charge < -0.3 is 14.2 Å². The SMILES string of the molecule is CCOC(=O)C/C(=C/C(OCC)OCC)C(F)(F)F. The van der Waals surface area contributed by atoms with E-state index in [0.29, 0.717) is 0 Å². The molecule has 0 N–H and O–H groups in total. The van der Waals surface area contributed by atoms with Crippen molar-refractivity contribution in [3.05, 3.63) is 11.6 Å². The van der Waals surface area contributed by atoms with Gasteiger partial charge in [0.2, 0.25) is 0 Å². The molecule has 0 aromatic rings. The Kier molecular flexibility index (Phi) is 8.42. The first-order valence-electron chi connectivity index (χ1n) is 6.01. The number of alkyl halides is 3. The van der Waals surface area contributed by atoms with Crippen molar-refractivity contribution >= 4 is 5.97 Å². The second kappa shape index (κ2) is 8.92. The van der Waals surface area contributed by atoms with Crippen molar-refractivity contribution < 1.29 is 32.2 Å². The maximum Gasteiger partial charge on any atom is 0.413 e. The number of hydrogen-bond acceptors (Lipinski definition) is 4. The molecule has 0 bridgehead atoms. The van der Waals surface area contributed by atoms with E-state index in [-0.39, 0.29) is 19.8 Å². The molecule has 0 saturated carbocycles. The standard InChI is InChI=1S/C12H19F3O4/c1-4-17-10(16)7-9(12(13,14)15)8-11(18-5-2)19-6-3/h8,11H,4-7H2,1-3H3/b9-8-. The van der Waals surface area contributed by atoms with Gasteiger partial charge in [-0.15, -0.1) is 0 Å². The van der Waals surface area contributed by atoms with E-state index in [1.54, 1.807) is 13.8 Å². The fourth-order valence-electron chi connectivity index (χ4n) is 1.26. The first-order chi connectivity index (χ1) is 8.85. The van der Waals surface area contributed by atoms with Gasteiger partial charge in [0.15, 0.2) is 6.29 Å². The summed E-state index contributed by atoms with van der Waals surface area (Å²) in [6.45, 7) is 5.23. The normalized spacial score (nSPS) is 12.9. The summed E-state index contributed by atoms with van der Waals surface area (Å²) >= 11 is 0. The number of halogens is 3. The van der Waals surface area contributed by atoms with Crippen LogP contribution in [-0.2, 0) is 19.0 Å². The van der Waals surface area contributed by atoms with E-state index in [2.05, 4.69) is 4.74 Å². The number of hydrogen-bond donors (Lipinski definition) is 0. The van der Waals surface area contributed by atoms with Gasteiger partial charge in [0.05, 0.1) is 13.0 Å². The zero-order chi connectivity index (χ0) is 14.9. The molecule has 0 aliphatic heterocycles. The molecule has 0 aliphatic rings. The van der Waals surface area contributed by atoms with E-state index < -0.39 is 30.4 Å². The lowest BCUT2D eigenvalue weighted by Gasteiger charge is -2.17. The van der Waals surface area contributed by atoms with Crippen molar-refractivity contribution in [3.63, 3.8) is 0 Å². The van der Waals surface area contributed by atoms with Crippen LogP contribution in [0.3, 0.4) is 0 Å². The predicted octanol–water partition coefficient (Wildman–Crippen LogP) is 2.83. The third-order valence-corrected chi connectivity index (χ3v) is 2.00. The molecule has 0 aliphatic carbocycles. The summed E-state index contributed by atoms with van der Waals surface area (Å²) in [5.41, 5.74) is -1.03. The molecule has 7 heteroatoms. The summed E-state index contributed by atoms with van der Waals surface area (Å²) in [6, 6.07) is 0. The van der Waals surface area contributed by atoms with Crippen molar-refractivity contribution in [1.82, 2.24) is 0 Å². The largest absolute Gasteiger partial charge is 0.466 e. The third-order valence-electron chi connectivity index (χ3n) is 2.00. The molecule has 0 radical (unpaired) electrons. The van der Waals surface area contributed by atoms with Crippen LogP contribution in [0.15, 0.2) is 11.6 Å². The first-order valence-corrected chi connectivity index (χ1v) is 6.01. The minimum atomic E-state index is -4.63. The fourth-order valence-corrected chi connectivity index (χ4v) is 1.26. The highest BCUT2D eigenvalue weighted by molar-refractivity contribution is 5.72. The highest BCUT2D eigenvalue weighted by Gasteiger charge is 2.36. The summed E-state index contributed by atoms with van der Waals surface area (Å²) in [7, 11) is 0. The molecule has 0 heterocycles. The van der Waals surface area contributed by atoms with Gasteiger partial charge in [0.1, 0.15) is 0 Å². The molecule has 4 nitrogen and oxygen atoms in total. The van der Waals surface area contributed by atoms with E-state index in [1.807, 2.05) is 0 Å². The minimum absolute atomic E-state index is 0.0321. The number of rotatable bonds is 8. The molecule has 0 aromatic heterocycles. The second-order valence-electron chi connectivity index (χ2n) is 3.45. The topological polar surface area (TPSA) is 44.8 Å². The van der Waals surface area contributed by atoms with Crippen LogP contribution in [0.4, 0.5) is 13.2 Å². The first kappa shape index (κ1) is 17.9. The smallest absolute Gasteiger partial charge is 0.413 e. The lowest BCUT2D eigenvalue weighted by molar-refractivity contribution is -0.146. The Morgan fingerprint density at radius 2 is 1.63 bits per heavy atom. The summed E-state index contributed by atoms with van der Waals surface area (Å²) in [6.07, 6.45) is -5.84. The van der Waals surface area contributed by atoms with Crippen LogP contribution in [-0.4, -0.2) is 38.3 Å². The summed E-state index contributed by atoms with van der Waals surface area (Å²) in [5.74, 6) is -0.933. The Hall–Kier alpha value is -1.08. The molecule has 0 amide bonds. The molecule has 0 atom stereocenters. The van der Waals surface area contributed by atoms with Crippen molar-refractivity contribution in [3.8, 4) is 0 Å². The van der Waals surface area contributed by atoms with E-state index in [4.69, 9.17) is 9.47 Å². The molecule has 0 rings (SSSR count). The van der Waals surface area contributed by atoms with Gasteiger partial charge in [-0.3, -0.25) is 4.79 Å². The molecule has 112 valence electrons. The average molecular weight is 284 g/mol. The molecule has 19 heavy (non-hydrogen) atoms. The van der Waals surface area contributed by atoms with E-state index >= 15 is 0 Å². The quantitative estimate of drug-likeness (QED) is 0.390. The molecule has 0 spiro atoms. The highest BCUT2D eigenvalue weighted by Crippen LogP contribution is 2.29. The Balaban J connectivity index is 4.94. The maximum absolute atomic E-state index is 12.8. The number of esters is 1. The average Bonchev–Trinajstić information content (AvgIpc) is 2.27. The number of carbonyl (C=O) groups excluding carboxylic acids is 1. The maximum atomic E-state index is 12.8. The Morgan fingerprint density at radius 3 is 2.00 bits per heavy atom. The van der Waals surface area contributed by atoms with Crippen molar-refractivity contribution in [1.29, 1.82) is 0 Å². The molecular formula is C12H19F3O4. The van der Waals surface area contributed by atoms with E-state index in [1.165, 1.54) is 6.92 Å². The third kappa shape index (κ3) is 7.84. The lowest BCUT2D eigenvalue weighted by Crippen LogP contribution is -2.22. The predicted molar refractivity (Wildman–Crippen MR) is 62.4 cm³/mol. The molecule has 0 fully saturated rings. The van der Waals surface area contributed by atoms with Gasteiger partial charge in [0, 0.05) is 18.8 Å². The molecule has 0 aromatic carbocycles. The van der Waals surface area contributed by atoms with Gasteiger partial charge in [-0.25, -0.2) is 0 Å². The fraction of sp³-hybridized carbons (Fsp3) is 0.750. The van der Waals surface area contributed by atoms with Gasteiger partial charge in [-0.1, -0.05) is 0 Å². The van der Waals surface area contributed by atoms with Crippen LogP contribution < -0.4 is 0 Å². The van der Waals surface area contributed by atoms with Crippen molar-refractivity contribution in [2.24, 2.45) is 0 Å². The molecule has 0 saturated heterocycles. The Morgan fingerprint density at radius 1 is 1.11 bits per heavy atom.